The molecule has 0 unspecified atom stereocenters. The largest absolute Gasteiger partial charge is 0.480 e. The molecule has 1 fully saturated rings. The first-order valence-electron chi connectivity index (χ1n) is 5.19. The Morgan fingerprint density at radius 1 is 1.38 bits per heavy atom. The highest BCUT2D eigenvalue weighted by molar-refractivity contribution is 6.05. The summed E-state index contributed by atoms with van der Waals surface area (Å²) in [6.07, 6.45) is 0.724. The van der Waals surface area contributed by atoms with Gasteiger partial charge < -0.3 is 15.3 Å². The summed E-state index contributed by atoms with van der Waals surface area (Å²) in [4.78, 5) is 35.1. The van der Waals surface area contributed by atoms with Crippen molar-refractivity contribution in [3.63, 3.8) is 0 Å². The van der Waals surface area contributed by atoms with Gasteiger partial charge in [0.2, 0.25) is 11.8 Å². The fourth-order valence-corrected chi connectivity index (χ4v) is 1.55. The molecule has 6 nitrogen and oxygen atoms in total. The number of aliphatic carboxylic acids is 1. The lowest BCUT2D eigenvalue weighted by atomic mass is 10.1. The lowest BCUT2D eigenvalue weighted by Crippen LogP contribution is -2.43. The first-order valence-corrected chi connectivity index (χ1v) is 5.19. The molecule has 0 spiro atoms. The number of rotatable bonds is 5. The van der Waals surface area contributed by atoms with Gasteiger partial charge >= 0.3 is 5.97 Å². The fraction of sp³-hybridized carbons (Fsp3) is 0.700. The van der Waals surface area contributed by atoms with Gasteiger partial charge in [-0.25, -0.2) is 0 Å². The molecule has 0 heterocycles. The van der Waals surface area contributed by atoms with Crippen LogP contribution in [0.2, 0.25) is 0 Å². The van der Waals surface area contributed by atoms with E-state index in [9.17, 15) is 14.4 Å². The number of likely N-dealkylation sites (N-methyl/N-ethyl adjacent to an activating group) is 2. The molecule has 0 aliphatic heterocycles. The molecule has 2 N–H and O–H groups in total. The normalized spacial score (nSPS) is 16.4. The van der Waals surface area contributed by atoms with Crippen LogP contribution >= 0.6 is 0 Å². The number of nitrogens with zero attached hydrogens (tertiary/aromatic N) is 1. The zero-order valence-corrected chi connectivity index (χ0v) is 9.45. The Balaban J connectivity index is 2.55. The Labute approximate surface area is 93.6 Å². The molecule has 1 aliphatic carbocycles. The van der Waals surface area contributed by atoms with E-state index in [4.69, 9.17) is 5.11 Å². The summed E-state index contributed by atoms with van der Waals surface area (Å²) in [5.41, 5.74) is -1.26. The average molecular weight is 228 g/mol. The van der Waals surface area contributed by atoms with E-state index in [1.54, 1.807) is 6.92 Å². The summed E-state index contributed by atoms with van der Waals surface area (Å²) in [5, 5.41) is 11.5. The summed E-state index contributed by atoms with van der Waals surface area (Å²) in [6, 6.07) is 0. The van der Waals surface area contributed by atoms with Crippen LogP contribution in [0.3, 0.4) is 0 Å². The molecule has 0 atom stereocenters. The van der Waals surface area contributed by atoms with Crippen LogP contribution in [0.4, 0.5) is 0 Å². The van der Waals surface area contributed by atoms with Crippen LogP contribution in [0.25, 0.3) is 0 Å². The van der Waals surface area contributed by atoms with Crippen molar-refractivity contribution in [1.82, 2.24) is 10.2 Å². The van der Waals surface area contributed by atoms with Gasteiger partial charge in [-0.05, 0) is 19.8 Å². The Hall–Kier alpha value is -1.59. The molecule has 0 aromatic carbocycles. The van der Waals surface area contributed by atoms with Gasteiger partial charge in [0.15, 0.2) is 0 Å². The van der Waals surface area contributed by atoms with Crippen molar-refractivity contribution in [1.29, 1.82) is 0 Å². The number of carboxylic acid groups (broad SMARTS) is 1. The fourth-order valence-electron chi connectivity index (χ4n) is 1.55. The summed E-state index contributed by atoms with van der Waals surface area (Å²) in [5.74, 6) is -1.86. The molecule has 90 valence electrons. The summed E-state index contributed by atoms with van der Waals surface area (Å²) in [7, 11) is 1.45. The molecule has 0 saturated heterocycles. The van der Waals surface area contributed by atoms with E-state index >= 15 is 0 Å². The van der Waals surface area contributed by atoms with E-state index in [0.29, 0.717) is 19.4 Å². The molecule has 0 radical (unpaired) electrons. The van der Waals surface area contributed by atoms with Crippen molar-refractivity contribution in [3.8, 4) is 0 Å². The van der Waals surface area contributed by atoms with Gasteiger partial charge in [0.25, 0.3) is 0 Å². The number of amides is 2. The Morgan fingerprint density at radius 2 is 1.94 bits per heavy atom. The van der Waals surface area contributed by atoms with E-state index in [0.717, 1.165) is 0 Å². The number of hydrogen-bond acceptors (Lipinski definition) is 3. The number of carboxylic acids is 1. The molecule has 0 aromatic heterocycles. The number of hydrogen-bond donors (Lipinski definition) is 2. The van der Waals surface area contributed by atoms with Crippen LogP contribution < -0.4 is 5.32 Å². The minimum atomic E-state index is -1.26. The van der Waals surface area contributed by atoms with Crippen molar-refractivity contribution in [2.75, 3.05) is 20.1 Å². The Morgan fingerprint density at radius 3 is 2.31 bits per heavy atom. The van der Waals surface area contributed by atoms with Gasteiger partial charge in [-0.2, -0.15) is 0 Å². The summed E-state index contributed by atoms with van der Waals surface area (Å²) < 4.78 is 0. The summed E-state index contributed by atoms with van der Waals surface area (Å²) >= 11 is 0. The first-order chi connectivity index (χ1) is 7.44. The predicted molar refractivity (Wildman–Crippen MR) is 55.6 cm³/mol. The monoisotopic (exact) mass is 228 g/mol. The van der Waals surface area contributed by atoms with Crippen molar-refractivity contribution in [2.24, 2.45) is 5.41 Å². The molecule has 6 heteroatoms. The minimum absolute atomic E-state index is 0.0955. The molecule has 1 saturated carbocycles. The lowest BCUT2D eigenvalue weighted by molar-refractivity contribution is -0.153. The highest BCUT2D eigenvalue weighted by Crippen LogP contribution is 2.47. The average Bonchev–Trinajstić information content (AvgIpc) is 2.97. The van der Waals surface area contributed by atoms with Gasteiger partial charge in [0, 0.05) is 13.6 Å². The van der Waals surface area contributed by atoms with E-state index in [1.807, 2.05) is 0 Å². The number of carbonyl (C=O) groups excluding carboxylic acids is 2. The van der Waals surface area contributed by atoms with E-state index in [2.05, 4.69) is 5.32 Å². The van der Waals surface area contributed by atoms with Gasteiger partial charge in [-0.15, -0.1) is 0 Å². The standard InChI is InChI=1S/C10H16N2O4/c1-3-11-7(13)6-12(2)8(14)10(4-5-10)9(15)16/h3-6H2,1-2H3,(H,11,13)(H,15,16). The summed E-state index contributed by atoms with van der Waals surface area (Å²) in [6.45, 7) is 2.17. The van der Waals surface area contributed by atoms with Crippen LogP contribution in [0.15, 0.2) is 0 Å². The maximum atomic E-state index is 11.8. The number of carbonyl (C=O) groups is 3. The lowest BCUT2D eigenvalue weighted by Gasteiger charge is -2.20. The van der Waals surface area contributed by atoms with E-state index in [1.165, 1.54) is 11.9 Å². The Bertz CT molecular complexity index is 323. The van der Waals surface area contributed by atoms with Crippen molar-refractivity contribution < 1.29 is 19.5 Å². The van der Waals surface area contributed by atoms with Gasteiger partial charge in [0.1, 0.15) is 5.41 Å². The van der Waals surface area contributed by atoms with Crippen molar-refractivity contribution >= 4 is 17.8 Å². The van der Waals surface area contributed by atoms with Gasteiger partial charge in [0.05, 0.1) is 6.54 Å². The maximum Gasteiger partial charge on any atom is 0.319 e. The second-order valence-corrected chi connectivity index (χ2v) is 4.00. The zero-order chi connectivity index (χ0) is 12.3. The quantitative estimate of drug-likeness (QED) is 0.618. The molecule has 16 heavy (non-hydrogen) atoms. The Kier molecular flexibility index (Phi) is 3.51. The smallest absolute Gasteiger partial charge is 0.319 e. The topological polar surface area (TPSA) is 86.7 Å². The SMILES string of the molecule is CCNC(=O)CN(C)C(=O)C1(C(=O)O)CC1. The van der Waals surface area contributed by atoms with Crippen LogP contribution in [-0.4, -0.2) is 47.9 Å². The molecule has 2 amide bonds. The highest BCUT2D eigenvalue weighted by Gasteiger charge is 2.58. The maximum absolute atomic E-state index is 11.8. The van der Waals surface area contributed by atoms with E-state index < -0.39 is 17.3 Å². The zero-order valence-electron chi connectivity index (χ0n) is 9.45. The van der Waals surface area contributed by atoms with Gasteiger partial charge in [-0.1, -0.05) is 0 Å². The third-order valence-corrected chi connectivity index (χ3v) is 2.67. The third kappa shape index (κ3) is 2.32. The molecule has 1 rings (SSSR count). The van der Waals surface area contributed by atoms with E-state index in [-0.39, 0.29) is 12.5 Å². The second-order valence-electron chi connectivity index (χ2n) is 4.00. The van der Waals surface area contributed by atoms with Crippen molar-refractivity contribution in [2.45, 2.75) is 19.8 Å². The highest BCUT2D eigenvalue weighted by atomic mass is 16.4. The predicted octanol–water partition coefficient (Wildman–Crippen LogP) is -0.554. The third-order valence-electron chi connectivity index (χ3n) is 2.67. The minimum Gasteiger partial charge on any atom is -0.480 e. The van der Waals surface area contributed by atoms with Crippen molar-refractivity contribution in [3.05, 3.63) is 0 Å². The van der Waals surface area contributed by atoms with Gasteiger partial charge in [-0.3, -0.25) is 14.4 Å². The van der Waals surface area contributed by atoms with Crippen LogP contribution in [-0.2, 0) is 14.4 Å². The molecular formula is C10H16N2O4. The molecular weight excluding hydrogens is 212 g/mol. The van der Waals surface area contributed by atoms with Crippen LogP contribution in [0.5, 0.6) is 0 Å². The van der Waals surface area contributed by atoms with Crippen LogP contribution in [0.1, 0.15) is 19.8 Å². The molecule has 0 aromatic rings. The second kappa shape index (κ2) is 4.51. The molecule has 0 bridgehead atoms. The van der Waals surface area contributed by atoms with Crippen LogP contribution in [0, 0.1) is 5.41 Å². The first kappa shape index (κ1) is 12.5. The molecule has 1 aliphatic rings. The number of nitrogens with one attached hydrogen (secondary N) is 1.